The Morgan fingerprint density at radius 3 is 2.58 bits per heavy atom. The summed E-state index contributed by atoms with van der Waals surface area (Å²) in [5, 5.41) is 14.3. The summed E-state index contributed by atoms with van der Waals surface area (Å²) in [5.74, 6) is 0.579. The molecule has 0 aliphatic heterocycles. The number of pyridine rings is 1. The number of nitrogens with zero attached hydrogens (tertiary/aromatic N) is 3. The van der Waals surface area contributed by atoms with E-state index in [1.807, 2.05) is 28.8 Å². The van der Waals surface area contributed by atoms with Crippen LogP contribution in [0.5, 0.6) is 5.75 Å². The topological polar surface area (TPSA) is 80.6 Å². The molecule has 0 aliphatic rings. The van der Waals surface area contributed by atoms with Crippen molar-refractivity contribution in [3.63, 3.8) is 0 Å². The summed E-state index contributed by atoms with van der Waals surface area (Å²) in [5.41, 5.74) is 2.44. The maximum absolute atomic E-state index is 12.7. The Hall–Kier alpha value is -4.01. The van der Waals surface area contributed by atoms with Crippen LogP contribution in [0.3, 0.4) is 0 Å². The van der Waals surface area contributed by atoms with E-state index >= 15 is 0 Å². The van der Waals surface area contributed by atoms with Crippen molar-refractivity contribution in [2.45, 2.75) is 13.0 Å². The zero-order chi connectivity index (χ0) is 21.6. The van der Waals surface area contributed by atoms with Crippen LogP contribution >= 0.6 is 0 Å². The Morgan fingerprint density at radius 1 is 1.00 bits per heavy atom. The molecule has 0 atom stereocenters. The van der Waals surface area contributed by atoms with Gasteiger partial charge in [-0.1, -0.05) is 18.2 Å². The molecule has 2 aromatic heterocycles. The second-order valence-electron chi connectivity index (χ2n) is 6.62. The van der Waals surface area contributed by atoms with Crippen LogP contribution < -0.4 is 15.4 Å². The van der Waals surface area contributed by atoms with Crippen LogP contribution in [0.2, 0.25) is 0 Å². The van der Waals surface area contributed by atoms with Gasteiger partial charge in [-0.05, 0) is 48.5 Å². The summed E-state index contributed by atoms with van der Waals surface area (Å²) < 4.78 is 30.8. The lowest BCUT2D eigenvalue weighted by Crippen LogP contribution is -2.26. The number of anilines is 2. The predicted octanol–water partition coefficient (Wildman–Crippen LogP) is 4.05. The second-order valence-corrected chi connectivity index (χ2v) is 6.62. The molecule has 4 rings (SSSR count). The third-order valence-electron chi connectivity index (χ3n) is 4.55. The summed E-state index contributed by atoms with van der Waals surface area (Å²) in [6, 6.07) is 18.8. The summed E-state index contributed by atoms with van der Waals surface area (Å²) in [7, 11) is 0. The summed E-state index contributed by atoms with van der Waals surface area (Å²) in [6.45, 7) is -2.48. The Labute approximate surface area is 176 Å². The molecular formula is C22H19F2N5O2. The van der Waals surface area contributed by atoms with E-state index < -0.39 is 6.61 Å². The number of amides is 1. The van der Waals surface area contributed by atoms with Crippen molar-refractivity contribution < 1.29 is 18.3 Å². The number of nitrogens with one attached hydrogen (secondary N) is 2. The molecule has 0 fully saturated rings. The monoisotopic (exact) mass is 423 g/mol. The molecule has 31 heavy (non-hydrogen) atoms. The highest BCUT2D eigenvalue weighted by molar-refractivity contribution is 6.00. The van der Waals surface area contributed by atoms with E-state index in [0.717, 1.165) is 11.5 Å². The fourth-order valence-corrected chi connectivity index (χ4v) is 3.11. The van der Waals surface area contributed by atoms with Gasteiger partial charge in [-0.15, -0.1) is 10.2 Å². The molecule has 9 heteroatoms. The van der Waals surface area contributed by atoms with Gasteiger partial charge in [0.2, 0.25) is 0 Å². The lowest BCUT2D eigenvalue weighted by Gasteiger charge is -2.13. The molecule has 1 amide bonds. The van der Waals surface area contributed by atoms with Gasteiger partial charge in [0.1, 0.15) is 11.6 Å². The van der Waals surface area contributed by atoms with Gasteiger partial charge < -0.3 is 15.4 Å². The molecule has 4 aromatic rings. The van der Waals surface area contributed by atoms with E-state index in [-0.39, 0.29) is 11.7 Å². The van der Waals surface area contributed by atoms with E-state index in [4.69, 9.17) is 0 Å². The summed E-state index contributed by atoms with van der Waals surface area (Å²) in [6.07, 6.45) is 2.40. The van der Waals surface area contributed by atoms with Crippen LogP contribution in [0.15, 0.2) is 72.9 Å². The Balaban J connectivity index is 1.39. The zero-order valence-electron chi connectivity index (χ0n) is 16.3. The molecule has 2 N–H and O–H groups in total. The minimum Gasteiger partial charge on any atom is -0.435 e. The van der Waals surface area contributed by atoms with Crippen molar-refractivity contribution >= 4 is 22.9 Å². The standard InChI is InChI=1S/C22H19F2N5O2/c23-22(24)31-16-10-8-15(9-11-16)26-18-6-2-1-5-17(18)21(30)25-13-12-20-28-27-19-7-3-4-14-29(19)20/h1-11,14,22,26H,12-13H2,(H,25,30). The van der Waals surface area contributed by atoms with Crippen molar-refractivity contribution in [1.29, 1.82) is 0 Å². The Bertz CT molecular complexity index is 1180. The first-order valence-electron chi connectivity index (χ1n) is 9.58. The van der Waals surface area contributed by atoms with Crippen molar-refractivity contribution in [2.75, 3.05) is 11.9 Å². The molecule has 0 saturated carbocycles. The van der Waals surface area contributed by atoms with Crippen molar-refractivity contribution in [2.24, 2.45) is 0 Å². The first-order chi connectivity index (χ1) is 15.1. The van der Waals surface area contributed by atoms with Gasteiger partial charge >= 0.3 is 6.61 Å². The molecule has 0 spiro atoms. The van der Waals surface area contributed by atoms with Crippen molar-refractivity contribution in [3.05, 3.63) is 84.3 Å². The third kappa shape index (κ3) is 4.95. The molecule has 0 unspecified atom stereocenters. The second kappa shape index (κ2) is 9.21. The SMILES string of the molecule is O=C(NCCc1nnc2ccccn12)c1ccccc1Nc1ccc(OC(F)F)cc1. The van der Waals surface area contributed by atoms with E-state index in [0.29, 0.717) is 29.9 Å². The van der Waals surface area contributed by atoms with Crippen molar-refractivity contribution in [1.82, 2.24) is 19.9 Å². The number of aromatic nitrogens is 3. The molecule has 0 saturated heterocycles. The van der Waals surface area contributed by atoms with Gasteiger partial charge in [0.15, 0.2) is 5.65 Å². The average molecular weight is 423 g/mol. The Kier molecular flexibility index (Phi) is 6.02. The predicted molar refractivity (Wildman–Crippen MR) is 112 cm³/mol. The number of ether oxygens (including phenoxy) is 1. The van der Waals surface area contributed by atoms with Crippen LogP contribution in [0.1, 0.15) is 16.2 Å². The normalized spacial score (nSPS) is 10.9. The number of benzene rings is 2. The smallest absolute Gasteiger partial charge is 0.387 e. The number of rotatable bonds is 8. The van der Waals surface area contributed by atoms with Crippen molar-refractivity contribution in [3.8, 4) is 5.75 Å². The maximum atomic E-state index is 12.7. The highest BCUT2D eigenvalue weighted by Gasteiger charge is 2.12. The van der Waals surface area contributed by atoms with E-state index in [1.165, 1.54) is 12.1 Å². The number of carbonyl (C=O) groups is 1. The number of halogens is 2. The van der Waals surface area contributed by atoms with E-state index in [1.54, 1.807) is 36.4 Å². The molecule has 2 heterocycles. The lowest BCUT2D eigenvalue weighted by molar-refractivity contribution is -0.0498. The average Bonchev–Trinajstić information content (AvgIpc) is 3.18. The lowest BCUT2D eigenvalue weighted by atomic mass is 10.1. The van der Waals surface area contributed by atoms with Gasteiger partial charge in [0, 0.05) is 24.8 Å². The number of hydrogen-bond donors (Lipinski definition) is 2. The third-order valence-corrected chi connectivity index (χ3v) is 4.55. The quantitative estimate of drug-likeness (QED) is 0.447. The molecule has 158 valence electrons. The van der Waals surface area contributed by atoms with Crippen LogP contribution in [-0.2, 0) is 6.42 Å². The number of alkyl halides is 2. The van der Waals surface area contributed by atoms with E-state index in [2.05, 4.69) is 25.6 Å². The number of fused-ring (bicyclic) bond motifs is 1. The van der Waals surface area contributed by atoms with Gasteiger partial charge in [-0.25, -0.2) is 0 Å². The first-order valence-corrected chi connectivity index (χ1v) is 9.58. The van der Waals surface area contributed by atoms with Gasteiger partial charge in [0.25, 0.3) is 5.91 Å². The molecular weight excluding hydrogens is 404 g/mol. The molecule has 0 aliphatic carbocycles. The van der Waals surface area contributed by atoms with Crippen LogP contribution in [0.25, 0.3) is 5.65 Å². The Morgan fingerprint density at radius 2 is 1.77 bits per heavy atom. The zero-order valence-corrected chi connectivity index (χ0v) is 16.3. The number of para-hydroxylation sites is 1. The minimum atomic E-state index is -2.88. The number of carbonyl (C=O) groups excluding carboxylic acids is 1. The highest BCUT2D eigenvalue weighted by Crippen LogP contribution is 2.23. The van der Waals surface area contributed by atoms with Crippen LogP contribution in [0, 0.1) is 0 Å². The summed E-state index contributed by atoms with van der Waals surface area (Å²) in [4.78, 5) is 12.7. The fourth-order valence-electron chi connectivity index (χ4n) is 3.11. The molecule has 0 bridgehead atoms. The molecule has 7 nitrogen and oxygen atoms in total. The maximum Gasteiger partial charge on any atom is 0.387 e. The highest BCUT2D eigenvalue weighted by atomic mass is 19.3. The van der Waals surface area contributed by atoms with Gasteiger partial charge in [0.05, 0.1) is 11.3 Å². The largest absolute Gasteiger partial charge is 0.435 e. The van der Waals surface area contributed by atoms with Crippen LogP contribution in [-0.4, -0.2) is 33.7 Å². The molecule has 0 radical (unpaired) electrons. The summed E-state index contributed by atoms with van der Waals surface area (Å²) >= 11 is 0. The molecule has 2 aromatic carbocycles. The van der Waals surface area contributed by atoms with Gasteiger partial charge in [-0.3, -0.25) is 9.20 Å². The van der Waals surface area contributed by atoms with Gasteiger partial charge in [-0.2, -0.15) is 8.78 Å². The minimum absolute atomic E-state index is 0.0626. The number of hydrogen-bond acceptors (Lipinski definition) is 5. The fraction of sp³-hybridized carbons (Fsp3) is 0.136. The van der Waals surface area contributed by atoms with E-state index in [9.17, 15) is 13.6 Å². The van der Waals surface area contributed by atoms with Crippen LogP contribution in [0.4, 0.5) is 20.2 Å². The first kappa shape index (κ1) is 20.3.